The first-order valence-corrected chi connectivity index (χ1v) is 6.33. The number of nitrogens with zero attached hydrogens (tertiary/aromatic N) is 2. The van der Waals surface area contributed by atoms with Crippen LogP contribution in [0.1, 0.15) is 22.0 Å². The molecule has 0 N–H and O–H groups in total. The van der Waals surface area contributed by atoms with E-state index in [1.165, 1.54) is 6.26 Å². The van der Waals surface area contributed by atoms with Gasteiger partial charge in [-0.15, -0.1) is 10.2 Å². The van der Waals surface area contributed by atoms with E-state index in [1.807, 2.05) is 30.3 Å². The first-order valence-electron chi connectivity index (χ1n) is 6.33. The molecule has 0 amide bonds. The van der Waals surface area contributed by atoms with E-state index >= 15 is 0 Å². The second-order valence-electron chi connectivity index (χ2n) is 4.33. The smallest absolute Gasteiger partial charge is 0.342 e. The first-order chi connectivity index (χ1) is 10.2. The van der Waals surface area contributed by atoms with E-state index in [0.717, 1.165) is 5.56 Å². The van der Waals surface area contributed by atoms with Gasteiger partial charge in [0.15, 0.2) is 6.61 Å². The van der Waals surface area contributed by atoms with E-state index in [4.69, 9.17) is 13.6 Å². The molecule has 0 aliphatic carbocycles. The Balaban J connectivity index is 1.66. The van der Waals surface area contributed by atoms with E-state index in [0.29, 0.717) is 17.2 Å². The Bertz CT molecular complexity index is 746. The summed E-state index contributed by atoms with van der Waals surface area (Å²) in [5.74, 6) is 0.653. The summed E-state index contributed by atoms with van der Waals surface area (Å²) in [6.45, 7) is 1.61. The van der Waals surface area contributed by atoms with Gasteiger partial charge in [0, 0.05) is 5.56 Å². The van der Waals surface area contributed by atoms with Gasteiger partial charge in [0.2, 0.25) is 5.89 Å². The fourth-order valence-corrected chi connectivity index (χ4v) is 1.81. The number of benzene rings is 1. The number of furan rings is 1. The summed E-state index contributed by atoms with van der Waals surface area (Å²) in [5.41, 5.74) is 1.20. The number of esters is 1. The molecule has 0 unspecified atom stereocenters. The van der Waals surface area contributed by atoms with Crippen LogP contribution in [0, 0.1) is 6.92 Å². The lowest BCUT2D eigenvalue weighted by Gasteiger charge is -2.00. The predicted molar refractivity (Wildman–Crippen MR) is 72.3 cm³/mol. The van der Waals surface area contributed by atoms with Gasteiger partial charge >= 0.3 is 5.97 Å². The standard InChI is InChI=1S/C15H12N2O4/c1-10-12(7-8-19-10)15(18)20-9-13-16-17-14(21-13)11-5-3-2-4-6-11/h2-8H,9H2,1H3. The number of ether oxygens (including phenoxy) is 1. The second-order valence-corrected chi connectivity index (χ2v) is 4.33. The maximum absolute atomic E-state index is 11.8. The topological polar surface area (TPSA) is 78.4 Å². The van der Waals surface area contributed by atoms with Crippen molar-refractivity contribution in [3.63, 3.8) is 0 Å². The molecule has 0 bridgehead atoms. The van der Waals surface area contributed by atoms with Crippen LogP contribution < -0.4 is 0 Å². The third-order valence-corrected chi connectivity index (χ3v) is 2.89. The highest BCUT2D eigenvalue weighted by Gasteiger charge is 2.15. The van der Waals surface area contributed by atoms with Gasteiger partial charge in [-0.05, 0) is 25.1 Å². The minimum atomic E-state index is -0.485. The van der Waals surface area contributed by atoms with Gasteiger partial charge in [-0.3, -0.25) is 0 Å². The molecule has 2 aromatic heterocycles. The molecule has 0 spiro atoms. The molecule has 0 aliphatic rings. The van der Waals surface area contributed by atoms with Crippen molar-refractivity contribution >= 4 is 5.97 Å². The summed E-state index contributed by atoms with van der Waals surface area (Å²) < 4.78 is 15.6. The summed E-state index contributed by atoms with van der Waals surface area (Å²) in [6.07, 6.45) is 1.44. The Morgan fingerprint density at radius 1 is 1.19 bits per heavy atom. The molecule has 1 aromatic carbocycles. The average Bonchev–Trinajstić information content (AvgIpc) is 3.15. The van der Waals surface area contributed by atoms with Crippen LogP contribution in [0.5, 0.6) is 0 Å². The Labute approximate surface area is 120 Å². The quantitative estimate of drug-likeness (QED) is 0.685. The number of aromatic nitrogens is 2. The second kappa shape index (κ2) is 5.62. The van der Waals surface area contributed by atoms with Gasteiger partial charge in [0.1, 0.15) is 11.3 Å². The number of hydrogen-bond acceptors (Lipinski definition) is 6. The summed E-state index contributed by atoms with van der Waals surface area (Å²) in [4.78, 5) is 11.8. The van der Waals surface area contributed by atoms with E-state index in [1.54, 1.807) is 13.0 Å². The number of rotatable bonds is 4. The zero-order chi connectivity index (χ0) is 14.7. The molecule has 106 valence electrons. The fourth-order valence-electron chi connectivity index (χ4n) is 1.81. The van der Waals surface area contributed by atoms with Gasteiger partial charge in [0.05, 0.1) is 6.26 Å². The number of carbonyl (C=O) groups is 1. The Hall–Kier alpha value is -2.89. The highest BCUT2D eigenvalue weighted by Crippen LogP contribution is 2.17. The van der Waals surface area contributed by atoms with Crippen molar-refractivity contribution in [3.05, 3.63) is 59.9 Å². The minimum Gasteiger partial charge on any atom is -0.469 e. The lowest BCUT2D eigenvalue weighted by Crippen LogP contribution is -2.05. The molecule has 6 nitrogen and oxygen atoms in total. The van der Waals surface area contributed by atoms with E-state index in [9.17, 15) is 4.79 Å². The molecular formula is C15H12N2O4. The van der Waals surface area contributed by atoms with Crippen molar-refractivity contribution in [2.45, 2.75) is 13.5 Å². The van der Waals surface area contributed by atoms with Crippen LogP contribution in [0.2, 0.25) is 0 Å². The van der Waals surface area contributed by atoms with Crippen LogP contribution in [0.3, 0.4) is 0 Å². The molecule has 0 radical (unpaired) electrons. The largest absolute Gasteiger partial charge is 0.469 e. The number of hydrogen-bond donors (Lipinski definition) is 0. The third kappa shape index (κ3) is 2.84. The molecule has 3 rings (SSSR count). The highest BCUT2D eigenvalue weighted by molar-refractivity contribution is 5.90. The van der Waals surface area contributed by atoms with Crippen molar-refractivity contribution in [2.24, 2.45) is 0 Å². The molecular weight excluding hydrogens is 272 g/mol. The molecule has 0 aliphatic heterocycles. The van der Waals surface area contributed by atoms with Crippen LogP contribution >= 0.6 is 0 Å². The van der Waals surface area contributed by atoms with Crippen LogP contribution in [0.25, 0.3) is 11.5 Å². The van der Waals surface area contributed by atoms with E-state index in [2.05, 4.69) is 10.2 Å². The van der Waals surface area contributed by atoms with Crippen molar-refractivity contribution in [2.75, 3.05) is 0 Å². The molecule has 0 saturated carbocycles. The Morgan fingerprint density at radius 2 is 2.00 bits per heavy atom. The SMILES string of the molecule is Cc1occc1C(=O)OCc1nnc(-c2ccccc2)o1. The van der Waals surface area contributed by atoms with Crippen LogP contribution in [0.4, 0.5) is 0 Å². The lowest BCUT2D eigenvalue weighted by atomic mass is 10.2. The molecule has 21 heavy (non-hydrogen) atoms. The van der Waals surface area contributed by atoms with E-state index in [-0.39, 0.29) is 12.5 Å². The lowest BCUT2D eigenvalue weighted by molar-refractivity contribution is 0.0436. The van der Waals surface area contributed by atoms with Gasteiger partial charge < -0.3 is 13.6 Å². The van der Waals surface area contributed by atoms with Crippen LogP contribution in [0.15, 0.2) is 51.5 Å². The molecule has 0 fully saturated rings. The number of aryl methyl sites for hydroxylation is 1. The summed E-state index contributed by atoms with van der Waals surface area (Å²) in [7, 11) is 0. The zero-order valence-electron chi connectivity index (χ0n) is 11.3. The average molecular weight is 284 g/mol. The normalized spacial score (nSPS) is 10.5. The highest BCUT2D eigenvalue weighted by atomic mass is 16.5. The minimum absolute atomic E-state index is 0.0801. The maximum atomic E-state index is 11.8. The van der Waals surface area contributed by atoms with Gasteiger partial charge in [-0.25, -0.2) is 4.79 Å². The van der Waals surface area contributed by atoms with Crippen molar-refractivity contribution in [3.8, 4) is 11.5 Å². The molecule has 3 aromatic rings. The first kappa shape index (κ1) is 13.1. The predicted octanol–water partition coefficient (Wildman–Crippen LogP) is 3.00. The molecule has 6 heteroatoms. The zero-order valence-corrected chi connectivity index (χ0v) is 11.3. The fraction of sp³-hybridized carbons (Fsp3) is 0.133. The monoisotopic (exact) mass is 284 g/mol. The van der Waals surface area contributed by atoms with Gasteiger partial charge in [-0.2, -0.15) is 0 Å². The Morgan fingerprint density at radius 3 is 2.71 bits per heavy atom. The van der Waals surface area contributed by atoms with Crippen LogP contribution in [-0.4, -0.2) is 16.2 Å². The summed E-state index contributed by atoms with van der Waals surface area (Å²) >= 11 is 0. The summed E-state index contributed by atoms with van der Waals surface area (Å²) in [5, 5.41) is 7.77. The molecule has 0 saturated heterocycles. The maximum Gasteiger partial charge on any atom is 0.342 e. The Kier molecular flexibility index (Phi) is 3.51. The molecule has 2 heterocycles. The third-order valence-electron chi connectivity index (χ3n) is 2.89. The van der Waals surface area contributed by atoms with Crippen molar-refractivity contribution in [1.29, 1.82) is 0 Å². The molecule has 0 atom stereocenters. The van der Waals surface area contributed by atoms with Gasteiger partial charge in [0.25, 0.3) is 5.89 Å². The summed E-state index contributed by atoms with van der Waals surface area (Å²) in [6, 6.07) is 10.9. The van der Waals surface area contributed by atoms with Gasteiger partial charge in [-0.1, -0.05) is 18.2 Å². The van der Waals surface area contributed by atoms with Crippen LogP contribution in [-0.2, 0) is 11.3 Å². The number of carbonyl (C=O) groups excluding carboxylic acids is 1. The van der Waals surface area contributed by atoms with E-state index < -0.39 is 5.97 Å². The van der Waals surface area contributed by atoms with Crippen molar-refractivity contribution < 1.29 is 18.4 Å². The van der Waals surface area contributed by atoms with Crippen molar-refractivity contribution in [1.82, 2.24) is 10.2 Å².